The highest BCUT2D eigenvalue weighted by Crippen LogP contribution is 2.48. The minimum Gasteiger partial charge on any atom is -0.394 e. The second kappa shape index (κ2) is 9.27. The van der Waals surface area contributed by atoms with Crippen molar-refractivity contribution in [3.63, 3.8) is 0 Å². The van der Waals surface area contributed by atoms with Gasteiger partial charge in [0.05, 0.1) is 24.4 Å². The molecule has 1 aliphatic carbocycles. The van der Waals surface area contributed by atoms with Crippen molar-refractivity contribution in [3.05, 3.63) is 59.4 Å². The summed E-state index contributed by atoms with van der Waals surface area (Å²) in [6.07, 6.45) is 0.888. The normalized spacial score (nSPS) is 18.6. The van der Waals surface area contributed by atoms with Crippen LogP contribution in [-0.4, -0.2) is 41.1 Å². The fraction of sp³-hybridized carbons (Fsp3) is 0.333. The van der Waals surface area contributed by atoms with Gasteiger partial charge in [-0.3, -0.25) is 9.59 Å². The molecule has 174 valence electrons. The highest BCUT2D eigenvalue weighted by atomic mass is 19.1. The van der Waals surface area contributed by atoms with Crippen LogP contribution >= 0.6 is 0 Å². The monoisotopic (exact) mass is 459 g/mol. The Morgan fingerprint density at radius 2 is 1.82 bits per heavy atom. The summed E-state index contributed by atoms with van der Waals surface area (Å²) in [5.41, 5.74) is 2.04. The van der Waals surface area contributed by atoms with Crippen LogP contribution < -0.4 is 10.6 Å². The zero-order valence-electron chi connectivity index (χ0n) is 17.9. The second-order valence-corrected chi connectivity index (χ2v) is 8.46. The minimum atomic E-state index is -0.726. The highest BCUT2D eigenvalue weighted by molar-refractivity contribution is 5.93. The van der Waals surface area contributed by atoms with Crippen LogP contribution in [0.5, 0.6) is 0 Å². The quantitative estimate of drug-likeness (QED) is 0.437. The number of hydrogen-bond acceptors (Lipinski definition) is 3. The molecular formula is C24H24F3N3O3. The van der Waals surface area contributed by atoms with E-state index in [0.29, 0.717) is 35.0 Å². The molecular weight excluding hydrogens is 435 g/mol. The lowest BCUT2D eigenvalue weighted by Crippen LogP contribution is -2.45. The van der Waals surface area contributed by atoms with E-state index in [1.807, 2.05) is 0 Å². The molecule has 0 bridgehead atoms. The number of H-pyrrole nitrogens is 1. The van der Waals surface area contributed by atoms with Gasteiger partial charge in [-0.25, -0.2) is 13.2 Å². The smallest absolute Gasteiger partial charge is 0.239 e. The van der Waals surface area contributed by atoms with Gasteiger partial charge in [-0.15, -0.1) is 0 Å². The van der Waals surface area contributed by atoms with E-state index in [1.165, 1.54) is 18.2 Å². The van der Waals surface area contributed by atoms with Crippen LogP contribution in [0, 0.1) is 23.4 Å². The summed E-state index contributed by atoms with van der Waals surface area (Å²) in [6, 6.07) is 7.37. The Hall–Kier alpha value is -3.33. The molecule has 1 fully saturated rings. The van der Waals surface area contributed by atoms with Crippen molar-refractivity contribution < 1.29 is 27.9 Å². The third kappa shape index (κ3) is 4.73. The summed E-state index contributed by atoms with van der Waals surface area (Å²) >= 11 is 0. The van der Waals surface area contributed by atoms with E-state index in [1.54, 1.807) is 19.1 Å². The van der Waals surface area contributed by atoms with Crippen molar-refractivity contribution in [3.8, 4) is 11.3 Å². The van der Waals surface area contributed by atoms with Crippen LogP contribution in [0.3, 0.4) is 0 Å². The third-order valence-electron chi connectivity index (χ3n) is 6.02. The van der Waals surface area contributed by atoms with Crippen LogP contribution in [0.25, 0.3) is 22.2 Å². The molecule has 1 saturated carbocycles. The molecule has 33 heavy (non-hydrogen) atoms. The maximum atomic E-state index is 14.5. The SMILES string of the molecule is C[C@H](CO)NC(=O)CNC(=O)[C@H]1C[C@H](c2c(-c3ccc(F)cc3)[nH]c3c(F)cc(F)cc32)C1. The number of nitrogens with one attached hydrogen (secondary N) is 3. The second-order valence-electron chi connectivity index (χ2n) is 8.46. The summed E-state index contributed by atoms with van der Waals surface area (Å²) in [5.74, 6) is -3.01. The zero-order valence-corrected chi connectivity index (χ0v) is 17.9. The van der Waals surface area contributed by atoms with E-state index < -0.39 is 29.4 Å². The first kappa shape index (κ1) is 22.8. The number of carbonyl (C=O) groups is 2. The van der Waals surface area contributed by atoms with E-state index in [-0.39, 0.29) is 36.4 Å². The zero-order chi connectivity index (χ0) is 23.7. The number of aromatic nitrogens is 1. The minimum absolute atomic E-state index is 0.140. The molecule has 4 rings (SSSR count). The molecule has 0 aliphatic heterocycles. The van der Waals surface area contributed by atoms with Crippen LogP contribution in [0.4, 0.5) is 13.2 Å². The predicted octanol–water partition coefficient (Wildman–Crippen LogP) is 3.36. The van der Waals surface area contributed by atoms with Gasteiger partial charge in [0.15, 0.2) is 0 Å². The van der Waals surface area contributed by atoms with E-state index >= 15 is 0 Å². The van der Waals surface area contributed by atoms with Gasteiger partial charge in [-0.1, -0.05) is 0 Å². The topological polar surface area (TPSA) is 94.2 Å². The first-order valence-corrected chi connectivity index (χ1v) is 10.7. The van der Waals surface area contributed by atoms with Crippen molar-refractivity contribution in [1.82, 2.24) is 15.6 Å². The number of amides is 2. The van der Waals surface area contributed by atoms with E-state index in [2.05, 4.69) is 15.6 Å². The molecule has 0 saturated heterocycles. The van der Waals surface area contributed by atoms with E-state index in [0.717, 1.165) is 6.07 Å². The summed E-state index contributed by atoms with van der Waals surface area (Å²) in [7, 11) is 0. The Labute approximate surface area is 188 Å². The lowest BCUT2D eigenvalue weighted by molar-refractivity contribution is -0.131. The Morgan fingerprint density at radius 1 is 1.12 bits per heavy atom. The standard InChI is InChI=1S/C24H24F3N3O3/c1-12(11-31)29-20(32)10-28-24(33)15-6-14(7-15)21-18-8-17(26)9-19(27)23(18)30-22(21)13-2-4-16(25)5-3-13/h2-5,8-9,12,14-15,30-31H,6-7,10-11H2,1H3,(H,28,33)(H,29,32)/t12-,14-,15-/m1/s1. The van der Waals surface area contributed by atoms with Gasteiger partial charge in [0.1, 0.15) is 17.5 Å². The molecule has 1 aromatic heterocycles. The molecule has 2 amide bonds. The Bertz CT molecular complexity index is 1190. The van der Waals surface area contributed by atoms with E-state index in [4.69, 9.17) is 5.11 Å². The average molecular weight is 459 g/mol. The fourth-order valence-electron chi connectivity index (χ4n) is 4.26. The highest BCUT2D eigenvalue weighted by Gasteiger charge is 2.38. The molecule has 0 unspecified atom stereocenters. The number of hydrogen-bond donors (Lipinski definition) is 4. The molecule has 1 atom stereocenters. The van der Waals surface area contributed by atoms with Crippen LogP contribution in [0.1, 0.15) is 31.2 Å². The maximum absolute atomic E-state index is 14.5. The van der Waals surface area contributed by atoms with Gasteiger partial charge in [-0.05, 0) is 67.1 Å². The number of aliphatic hydroxyl groups excluding tert-OH is 1. The molecule has 6 nitrogen and oxygen atoms in total. The third-order valence-corrected chi connectivity index (χ3v) is 6.02. The van der Waals surface area contributed by atoms with Crippen molar-refractivity contribution in [2.45, 2.75) is 31.7 Å². The van der Waals surface area contributed by atoms with Crippen molar-refractivity contribution in [2.75, 3.05) is 13.2 Å². The molecule has 1 aliphatic rings. The van der Waals surface area contributed by atoms with Gasteiger partial charge >= 0.3 is 0 Å². The number of aliphatic hydroxyl groups is 1. The van der Waals surface area contributed by atoms with Gasteiger partial charge in [-0.2, -0.15) is 0 Å². The van der Waals surface area contributed by atoms with Crippen LogP contribution in [0.2, 0.25) is 0 Å². The molecule has 0 spiro atoms. The molecule has 4 N–H and O–H groups in total. The van der Waals surface area contributed by atoms with Gasteiger partial charge < -0.3 is 20.7 Å². The summed E-state index contributed by atoms with van der Waals surface area (Å²) in [5, 5.41) is 14.5. The summed E-state index contributed by atoms with van der Waals surface area (Å²) < 4.78 is 41.9. The average Bonchev–Trinajstić information content (AvgIpc) is 3.11. The van der Waals surface area contributed by atoms with Crippen molar-refractivity contribution in [2.24, 2.45) is 5.92 Å². The van der Waals surface area contributed by atoms with Gasteiger partial charge in [0, 0.05) is 23.4 Å². The fourth-order valence-corrected chi connectivity index (χ4v) is 4.26. The first-order valence-electron chi connectivity index (χ1n) is 10.7. The number of aromatic amines is 1. The molecule has 1 heterocycles. The van der Waals surface area contributed by atoms with Crippen LogP contribution in [-0.2, 0) is 9.59 Å². The van der Waals surface area contributed by atoms with Crippen molar-refractivity contribution in [1.29, 1.82) is 0 Å². The molecule has 0 radical (unpaired) electrons. The molecule has 3 aromatic rings. The lowest BCUT2D eigenvalue weighted by atomic mass is 9.70. The van der Waals surface area contributed by atoms with Gasteiger partial charge in [0.2, 0.25) is 11.8 Å². The predicted molar refractivity (Wildman–Crippen MR) is 117 cm³/mol. The number of halogens is 3. The molecule has 9 heteroatoms. The van der Waals surface area contributed by atoms with Gasteiger partial charge in [0.25, 0.3) is 0 Å². The number of carbonyl (C=O) groups excluding carboxylic acids is 2. The lowest BCUT2D eigenvalue weighted by Gasteiger charge is -2.35. The Morgan fingerprint density at radius 3 is 2.48 bits per heavy atom. The van der Waals surface area contributed by atoms with Crippen molar-refractivity contribution >= 4 is 22.7 Å². The number of benzene rings is 2. The molecule has 2 aromatic carbocycles. The Kier molecular flexibility index (Phi) is 6.42. The first-order chi connectivity index (χ1) is 15.8. The van der Waals surface area contributed by atoms with Crippen LogP contribution in [0.15, 0.2) is 36.4 Å². The summed E-state index contributed by atoms with van der Waals surface area (Å²) in [6.45, 7) is 1.24. The number of rotatable bonds is 7. The number of fused-ring (bicyclic) bond motifs is 1. The largest absolute Gasteiger partial charge is 0.394 e. The maximum Gasteiger partial charge on any atom is 0.239 e. The summed E-state index contributed by atoms with van der Waals surface area (Å²) in [4.78, 5) is 27.3. The Balaban J connectivity index is 1.53. The van der Waals surface area contributed by atoms with E-state index in [9.17, 15) is 22.8 Å².